The number of hydrogen-bond donors (Lipinski definition) is 1. The summed E-state index contributed by atoms with van der Waals surface area (Å²) in [6, 6.07) is 8.30. The van der Waals surface area contributed by atoms with Gasteiger partial charge >= 0.3 is 6.18 Å². The van der Waals surface area contributed by atoms with E-state index in [4.69, 9.17) is 11.6 Å². The maximum Gasteiger partial charge on any atom is 0.417 e. The number of nitrogens with zero attached hydrogens (tertiary/aromatic N) is 5. The fraction of sp³-hybridized carbons (Fsp3) is 0.238. The summed E-state index contributed by atoms with van der Waals surface area (Å²) in [5, 5.41) is 11.6. The molecule has 0 fully saturated rings. The van der Waals surface area contributed by atoms with Crippen LogP contribution in [0.4, 0.5) is 19.0 Å². The second-order valence-corrected chi connectivity index (χ2v) is 8.67. The number of nitrogens with one attached hydrogen (secondary N) is 1. The number of alkyl halides is 3. The number of rotatable bonds is 5. The first-order valence-electron chi connectivity index (χ1n) is 9.71. The summed E-state index contributed by atoms with van der Waals surface area (Å²) in [5.74, 6) is -0.250. The molecule has 0 radical (unpaired) electrons. The molecule has 0 atom stereocenters. The second kappa shape index (κ2) is 8.79. The van der Waals surface area contributed by atoms with Crippen LogP contribution in [0.1, 0.15) is 22.5 Å². The first kappa shape index (κ1) is 23.2. The summed E-state index contributed by atoms with van der Waals surface area (Å²) in [6.07, 6.45) is -2.88. The molecule has 0 spiro atoms. The molecule has 0 bridgehead atoms. The van der Waals surface area contributed by atoms with Gasteiger partial charge in [0, 0.05) is 16.9 Å². The van der Waals surface area contributed by atoms with Gasteiger partial charge in [-0.25, -0.2) is 9.67 Å². The number of anilines is 1. The van der Waals surface area contributed by atoms with Crippen LogP contribution in [0.15, 0.2) is 41.0 Å². The van der Waals surface area contributed by atoms with E-state index >= 15 is 0 Å². The SMILES string of the molecule is Cc1cc(C(F)(F)F)c2c(C)nn(CC(=O)Nc3nn(Cc4ccccc4Cl)cc3Br)c2n1. The number of carbonyl (C=O) groups excluding carboxylic acids is 1. The van der Waals surface area contributed by atoms with E-state index in [0.29, 0.717) is 16.0 Å². The van der Waals surface area contributed by atoms with Crippen molar-refractivity contribution in [2.75, 3.05) is 5.32 Å². The molecule has 7 nitrogen and oxygen atoms in total. The number of hydrogen-bond acceptors (Lipinski definition) is 4. The van der Waals surface area contributed by atoms with Crippen molar-refractivity contribution in [3.63, 3.8) is 0 Å². The molecular formula is C21H17BrClF3N6O. The Kier molecular flexibility index (Phi) is 6.19. The van der Waals surface area contributed by atoms with Gasteiger partial charge in [-0.15, -0.1) is 0 Å². The monoisotopic (exact) mass is 540 g/mol. The fourth-order valence-electron chi connectivity index (χ4n) is 3.48. The van der Waals surface area contributed by atoms with Gasteiger partial charge in [0.25, 0.3) is 0 Å². The largest absolute Gasteiger partial charge is 0.417 e. The minimum absolute atomic E-state index is 0.00158. The van der Waals surface area contributed by atoms with Crippen molar-refractivity contribution in [1.82, 2.24) is 24.5 Å². The molecule has 0 aliphatic carbocycles. The van der Waals surface area contributed by atoms with Gasteiger partial charge in [-0.3, -0.25) is 9.48 Å². The van der Waals surface area contributed by atoms with Crippen LogP contribution in [0.25, 0.3) is 11.0 Å². The van der Waals surface area contributed by atoms with Crippen LogP contribution in [-0.2, 0) is 24.1 Å². The minimum atomic E-state index is -4.56. The smallest absolute Gasteiger partial charge is 0.307 e. The zero-order valence-electron chi connectivity index (χ0n) is 17.4. The third-order valence-corrected chi connectivity index (χ3v) is 5.82. The van der Waals surface area contributed by atoms with Crippen LogP contribution in [0.2, 0.25) is 5.02 Å². The van der Waals surface area contributed by atoms with E-state index in [2.05, 4.69) is 36.4 Å². The number of pyridine rings is 1. The molecule has 3 heterocycles. The maximum absolute atomic E-state index is 13.5. The van der Waals surface area contributed by atoms with Gasteiger partial charge in [0.15, 0.2) is 11.5 Å². The summed E-state index contributed by atoms with van der Waals surface area (Å²) in [6.45, 7) is 2.97. The van der Waals surface area contributed by atoms with Crippen molar-refractivity contribution >= 4 is 50.3 Å². The standard InChI is InChI=1S/C21H17BrClF3N6O/c1-11-7-14(21(24,25)26)18-12(2)29-32(20(18)27-11)10-17(33)28-19-15(22)9-31(30-19)8-13-5-3-4-6-16(13)23/h3-7,9H,8,10H2,1-2H3,(H,28,30,33). The Labute approximate surface area is 199 Å². The van der Waals surface area contributed by atoms with E-state index in [-0.39, 0.29) is 34.8 Å². The lowest BCUT2D eigenvalue weighted by Gasteiger charge is -2.10. The fourth-order valence-corrected chi connectivity index (χ4v) is 4.09. The van der Waals surface area contributed by atoms with Crippen molar-refractivity contribution in [2.45, 2.75) is 33.1 Å². The molecule has 4 rings (SSSR count). The van der Waals surface area contributed by atoms with E-state index in [9.17, 15) is 18.0 Å². The number of aromatic nitrogens is 5. The molecule has 1 amide bonds. The van der Waals surface area contributed by atoms with Gasteiger partial charge in [-0.1, -0.05) is 29.8 Å². The topological polar surface area (TPSA) is 77.6 Å². The average molecular weight is 542 g/mol. The first-order chi connectivity index (χ1) is 15.5. The van der Waals surface area contributed by atoms with Crippen molar-refractivity contribution < 1.29 is 18.0 Å². The number of carbonyl (C=O) groups is 1. The van der Waals surface area contributed by atoms with Crippen molar-refractivity contribution in [3.05, 3.63) is 68.5 Å². The molecule has 0 unspecified atom stereocenters. The molecule has 0 saturated heterocycles. The average Bonchev–Trinajstić information content (AvgIpc) is 3.21. The molecule has 4 aromatic rings. The highest BCUT2D eigenvalue weighted by Gasteiger charge is 2.35. The Morgan fingerprint density at radius 1 is 1.21 bits per heavy atom. The Morgan fingerprint density at radius 3 is 2.64 bits per heavy atom. The van der Waals surface area contributed by atoms with E-state index in [1.54, 1.807) is 16.9 Å². The van der Waals surface area contributed by atoms with Gasteiger partial charge in [0.1, 0.15) is 6.54 Å². The Bertz CT molecular complexity index is 1360. The normalized spacial score (nSPS) is 11.8. The minimum Gasteiger partial charge on any atom is -0.307 e. The van der Waals surface area contributed by atoms with Gasteiger partial charge < -0.3 is 5.32 Å². The molecule has 3 aromatic heterocycles. The molecule has 0 aliphatic rings. The molecule has 1 N–H and O–H groups in total. The number of amides is 1. The number of halogens is 5. The zero-order chi connectivity index (χ0) is 23.9. The number of benzene rings is 1. The summed E-state index contributed by atoms with van der Waals surface area (Å²) in [5.41, 5.74) is 0.348. The molecule has 33 heavy (non-hydrogen) atoms. The predicted molar refractivity (Wildman–Crippen MR) is 121 cm³/mol. The number of fused-ring (bicyclic) bond motifs is 1. The highest BCUT2D eigenvalue weighted by atomic mass is 79.9. The first-order valence-corrected chi connectivity index (χ1v) is 10.9. The molecule has 1 aromatic carbocycles. The van der Waals surface area contributed by atoms with Crippen molar-refractivity contribution in [1.29, 1.82) is 0 Å². The van der Waals surface area contributed by atoms with E-state index in [1.807, 2.05) is 18.2 Å². The Morgan fingerprint density at radius 2 is 1.94 bits per heavy atom. The summed E-state index contributed by atoms with van der Waals surface area (Å²) in [7, 11) is 0. The van der Waals surface area contributed by atoms with Crippen LogP contribution in [0, 0.1) is 13.8 Å². The highest BCUT2D eigenvalue weighted by molar-refractivity contribution is 9.10. The third-order valence-electron chi connectivity index (χ3n) is 4.87. The van der Waals surface area contributed by atoms with E-state index in [1.165, 1.54) is 13.8 Å². The molecule has 12 heteroatoms. The van der Waals surface area contributed by atoms with E-state index < -0.39 is 17.6 Å². The highest BCUT2D eigenvalue weighted by Crippen LogP contribution is 2.36. The van der Waals surface area contributed by atoms with Crippen molar-refractivity contribution in [2.24, 2.45) is 0 Å². The quantitative estimate of drug-likeness (QED) is 0.369. The van der Waals surface area contributed by atoms with Crippen LogP contribution in [0.3, 0.4) is 0 Å². The van der Waals surface area contributed by atoms with Crippen LogP contribution < -0.4 is 5.32 Å². The van der Waals surface area contributed by atoms with Gasteiger partial charge in [-0.05, 0) is 47.5 Å². The molecule has 0 aliphatic heterocycles. The molecular weight excluding hydrogens is 525 g/mol. The van der Waals surface area contributed by atoms with Crippen LogP contribution in [0.5, 0.6) is 0 Å². The predicted octanol–water partition coefficient (Wildman–Crippen LogP) is 5.37. The lowest BCUT2D eigenvalue weighted by Crippen LogP contribution is -2.20. The lowest BCUT2D eigenvalue weighted by molar-refractivity contribution is -0.136. The van der Waals surface area contributed by atoms with Gasteiger partial charge in [-0.2, -0.15) is 23.4 Å². The van der Waals surface area contributed by atoms with Gasteiger partial charge in [0.05, 0.1) is 27.7 Å². The molecule has 172 valence electrons. The summed E-state index contributed by atoms with van der Waals surface area (Å²) < 4.78 is 43.8. The lowest BCUT2D eigenvalue weighted by atomic mass is 10.1. The summed E-state index contributed by atoms with van der Waals surface area (Å²) >= 11 is 9.54. The Balaban J connectivity index is 1.56. The summed E-state index contributed by atoms with van der Waals surface area (Å²) in [4.78, 5) is 16.8. The second-order valence-electron chi connectivity index (χ2n) is 7.41. The zero-order valence-corrected chi connectivity index (χ0v) is 19.8. The number of aryl methyl sites for hydroxylation is 2. The van der Waals surface area contributed by atoms with E-state index in [0.717, 1.165) is 16.3 Å². The van der Waals surface area contributed by atoms with Gasteiger partial charge in [0.2, 0.25) is 5.91 Å². The van der Waals surface area contributed by atoms with Crippen LogP contribution in [-0.4, -0.2) is 30.5 Å². The Hall–Kier alpha value is -2.92. The maximum atomic E-state index is 13.5. The van der Waals surface area contributed by atoms with Crippen molar-refractivity contribution in [3.8, 4) is 0 Å². The molecule has 0 saturated carbocycles. The van der Waals surface area contributed by atoms with Crippen LogP contribution >= 0.6 is 27.5 Å². The third kappa shape index (κ3) is 4.88.